The minimum Gasteiger partial charge on any atom is -0.482 e. The van der Waals surface area contributed by atoms with Crippen LogP contribution < -0.4 is 19.5 Å². The van der Waals surface area contributed by atoms with Crippen molar-refractivity contribution in [2.24, 2.45) is 0 Å². The number of carbonyl (C=O) groups excluding carboxylic acids is 1. The number of nitrogens with one attached hydrogen (secondary N) is 1. The van der Waals surface area contributed by atoms with E-state index >= 15 is 0 Å². The number of carbonyl (C=O) groups is 1. The summed E-state index contributed by atoms with van der Waals surface area (Å²) in [6.45, 7) is 0.692. The van der Waals surface area contributed by atoms with E-state index in [2.05, 4.69) is 5.32 Å². The maximum absolute atomic E-state index is 12.9. The molecular weight excluding hydrogens is 420 g/mol. The molecule has 10 heteroatoms. The molecule has 2 heterocycles. The van der Waals surface area contributed by atoms with Gasteiger partial charge >= 0.3 is 0 Å². The van der Waals surface area contributed by atoms with Crippen LogP contribution in [0.4, 0.5) is 5.69 Å². The molecule has 8 nitrogen and oxygen atoms in total. The van der Waals surface area contributed by atoms with E-state index in [1.54, 1.807) is 18.2 Å². The van der Waals surface area contributed by atoms with E-state index in [4.69, 9.17) is 25.8 Å². The molecule has 0 spiro atoms. The number of halogens is 1. The van der Waals surface area contributed by atoms with Crippen molar-refractivity contribution in [3.63, 3.8) is 0 Å². The fourth-order valence-electron chi connectivity index (χ4n) is 3.18. The number of ether oxygens (including phenoxy) is 3. The third-order valence-electron chi connectivity index (χ3n) is 4.60. The van der Waals surface area contributed by atoms with Gasteiger partial charge in [-0.25, -0.2) is 8.42 Å². The van der Waals surface area contributed by atoms with Crippen LogP contribution in [0.1, 0.15) is 12.8 Å². The van der Waals surface area contributed by atoms with Gasteiger partial charge in [-0.3, -0.25) is 4.79 Å². The van der Waals surface area contributed by atoms with Gasteiger partial charge in [0.25, 0.3) is 5.91 Å². The van der Waals surface area contributed by atoms with E-state index in [9.17, 15) is 13.2 Å². The monoisotopic (exact) mass is 438 g/mol. The lowest BCUT2D eigenvalue weighted by Gasteiger charge is -2.18. The molecule has 0 radical (unpaired) electrons. The molecule has 0 saturated carbocycles. The molecule has 2 aromatic rings. The average Bonchev–Trinajstić information content (AvgIpc) is 3.38. The molecular formula is C19H19ClN2O6S. The highest BCUT2D eigenvalue weighted by Gasteiger charge is 2.30. The van der Waals surface area contributed by atoms with Gasteiger partial charge in [-0.15, -0.1) is 0 Å². The van der Waals surface area contributed by atoms with E-state index in [1.807, 2.05) is 0 Å². The van der Waals surface area contributed by atoms with Crippen LogP contribution in [-0.2, 0) is 14.8 Å². The lowest BCUT2D eigenvalue weighted by atomic mass is 10.3. The Morgan fingerprint density at radius 2 is 1.86 bits per heavy atom. The highest BCUT2D eigenvalue weighted by Crippen LogP contribution is 2.34. The fourth-order valence-corrected chi connectivity index (χ4v) is 5.10. The summed E-state index contributed by atoms with van der Waals surface area (Å²) in [4.78, 5) is 12.2. The van der Waals surface area contributed by atoms with Crippen molar-refractivity contribution in [3.05, 3.63) is 41.4 Å². The highest BCUT2D eigenvalue weighted by atomic mass is 35.5. The molecule has 0 bridgehead atoms. The van der Waals surface area contributed by atoms with E-state index < -0.39 is 15.9 Å². The first-order chi connectivity index (χ1) is 13.9. The zero-order valence-electron chi connectivity index (χ0n) is 15.4. The Kier molecular flexibility index (Phi) is 5.53. The lowest BCUT2D eigenvalue weighted by molar-refractivity contribution is -0.118. The molecule has 1 N–H and O–H groups in total. The number of anilines is 1. The molecule has 4 rings (SSSR count). The van der Waals surface area contributed by atoms with Gasteiger partial charge in [0.2, 0.25) is 16.8 Å². The zero-order valence-corrected chi connectivity index (χ0v) is 17.0. The van der Waals surface area contributed by atoms with Gasteiger partial charge in [0, 0.05) is 29.9 Å². The number of nitrogens with zero attached hydrogens (tertiary/aromatic N) is 1. The van der Waals surface area contributed by atoms with Crippen LogP contribution in [0, 0.1) is 0 Å². The molecule has 29 heavy (non-hydrogen) atoms. The van der Waals surface area contributed by atoms with Crippen molar-refractivity contribution in [3.8, 4) is 17.2 Å². The first-order valence-corrected chi connectivity index (χ1v) is 10.9. The van der Waals surface area contributed by atoms with Gasteiger partial charge in [0.15, 0.2) is 18.1 Å². The molecule has 154 valence electrons. The number of sulfonamides is 1. The Balaban J connectivity index is 1.46. The Morgan fingerprint density at radius 3 is 2.66 bits per heavy atom. The van der Waals surface area contributed by atoms with Gasteiger partial charge in [0.05, 0.1) is 0 Å². The van der Waals surface area contributed by atoms with Crippen LogP contribution in [-0.4, -0.2) is 45.1 Å². The van der Waals surface area contributed by atoms with Crippen LogP contribution >= 0.6 is 11.6 Å². The van der Waals surface area contributed by atoms with Crippen molar-refractivity contribution in [2.45, 2.75) is 17.7 Å². The molecule has 2 aliphatic heterocycles. The second-order valence-corrected chi connectivity index (χ2v) is 8.95. The Morgan fingerprint density at radius 1 is 1.10 bits per heavy atom. The summed E-state index contributed by atoms with van der Waals surface area (Å²) in [5.74, 6) is 0.794. The van der Waals surface area contributed by atoms with Gasteiger partial charge in [-0.05, 0) is 43.2 Å². The zero-order chi connectivity index (χ0) is 20.4. The molecule has 0 atom stereocenters. The number of amides is 1. The van der Waals surface area contributed by atoms with E-state index in [0.29, 0.717) is 30.3 Å². The number of fused-ring (bicyclic) bond motifs is 1. The average molecular weight is 439 g/mol. The van der Waals surface area contributed by atoms with Crippen LogP contribution in [0.2, 0.25) is 5.02 Å². The summed E-state index contributed by atoms with van der Waals surface area (Å²) in [6.07, 6.45) is 1.63. The van der Waals surface area contributed by atoms with Crippen molar-refractivity contribution in [1.29, 1.82) is 0 Å². The Hall–Kier alpha value is -2.49. The molecule has 0 aliphatic carbocycles. The number of benzene rings is 2. The number of hydrogen-bond acceptors (Lipinski definition) is 6. The standard InChI is InChI=1S/C19H19ClN2O6S/c20-13-3-5-16(18(9-13)29(24,25)22-7-1-2-8-22)26-11-19(23)21-14-4-6-15-17(10-14)28-12-27-15/h3-6,9-10H,1-2,7-8,11-12H2,(H,21,23). The van der Waals surface area contributed by atoms with Gasteiger partial charge < -0.3 is 19.5 Å². The minimum absolute atomic E-state index is 0.0391. The molecule has 0 aromatic heterocycles. The minimum atomic E-state index is -3.74. The van der Waals surface area contributed by atoms with E-state index in [0.717, 1.165) is 12.8 Å². The largest absolute Gasteiger partial charge is 0.482 e. The normalized spacial score (nSPS) is 16.0. The van der Waals surface area contributed by atoms with Crippen LogP contribution in [0.15, 0.2) is 41.3 Å². The summed E-state index contributed by atoms with van der Waals surface area (Å²) in [5.41, 5.74) is 0.517. The Labute approximate surface area is 173 Å². The summed E-state index contributed by atoms with van der Waals surface area (Å²) in [5, 5.41) is 2.96. The molecule has 0 unspecified atom stereocenters. The highest BCUT2D eigenvalue weighted by molar-refractivity contribution is 7.89. The van der Waals surface area contributed by atoms with Gasteiger partial charge in [0.1, 0.15) is 10.6 Å². The number of hydrogen-bond donors (Lipinski definition) is 1. The first-order valence-electron chi connectivity index (χ1n) is 9.05. The topological polar surface area (TPSA) is 94.2 Å². The second-order valence-electron chi connectivity index (χ2n) is 6.61. The molecule has 1 fully saturated rings. The molecule has 1 amide bonds. The molecule has 2 aliphatic rings. The van der Waals surface area contributed by atoms with E-state index in [1.165, 1.54) is 22.5 Å². The van der Waals surface area contributed by atoms with Crippen LogP contribution in [0.25, 0.3) is 0 Å². The maximum atomic E-state index is 12.9. The van der Waals surface area contributed by atoms with Gasteiger partial charge in [-0.1, -0.05) is 11.6 Å². The predicted molar refractivity (Wildman–Crippen MR) is 106 cm³/mol. The summed E-state index contributed by atoms with van der Waals surface area (Å²) >= 11 is 6.01. The third-order valence-corrected chi connectivity index (χ3v) is 6.76. The van der Waals surface area contributed by atoms with Crippen molar-refractivity contribution in [2.75, 3.05) is 31.8 Å². The number of rotatable bonds is 6. The Bertz CT molecular complexity index is 1040. The van der Waals surface area contributed by atoms with Crippen LogP contribution in [0.3, 0.4) is 0 Å². The molecule has 1 saturated heterocycles. The van der Waals surface area contributed by atoms with Crippen LogP contribution in [0.5, 0.6) is 17.2 Å². The summed E-state index contributed by atoms with van der Waals surface area (Å²) < 4.78 is 43.3. The smallest absolute Gasteiger partial charge is 0.262 e. The predicted octanol–water partition coefficient (Wildman–Crippen LogP) is 2.87. The lowest BCUT2D eigenvalue weighted by Crippen LogP contribution is -2.28. The van der Waals surface area contributed by atoms with Gasteiger partial charge in [-0.2, -0.15) is 4.31 Å². The summed E-state index contributed by atoms with van der Waals surface area (Å²) in [7, 11) is -3.74. The molecule has 2 aromatic carbocycles. The second kappa shape index (κ2) is 8.10. The summed E-state index contributed by atoms with van der Waals surface area (Å²) in [6, 6.07) is 9.34. The quantitative estimate of drug-likeness (QED) is 0.745. The van der Waals surface area contributed by atoms with Crippen molar-refractivity contribution in [1.82, 2.24) is 4.31 Å². The third kappa shape index (κ3) is 4.26. The van der Waals surface area contributed by atoms with E-state index in [-0.39, 0.29) is 29.1 Å². The fraction of sp³-hybridized carbons (Fsp3) is 0.316. The SMILES string of the molecule is O=C(COc1ccc(Cl)cc1S(=O)(=O)N1CCCC1)Nc1ccc2c(c1)OCO2. The maximum Gasteiger partial charge on any atom is 0.262 e. The van der Waals surface area contributed by atoms with Crippen molar-refractivity contribution < 1.29 is 27.4 Å². The first kappa shape index (κ1) is 19.8. The van der Waals surface area contributed by atoms with Crippen molar-refractivity contribution >= 4 is 33.2 Å².